The second-order valence-corrected chi connectivity index (χ2v) is 5.03. The van der Waals surface area contributed by atoms with Gasteiger partial charge in [-0.2, -0.15) is 0 Å². The topological polar surface area (TPSA) is 0 Å². The maximum atomic E-state index is 2.35. The van der Waals surface area contributed by atoms with Crippen LogP contribution >= 0.6 is 0 Å². The molecule has 4 bridgehead atoms. The van der Waals surface area contributed by atoms with E-state index in [0.29, 0.717) is 0 Å². The Kier molecular flexibility index (Phi) is 1.54. The molecule has 0 aromatic carbocycles. The van der Waals surface area contributed by atoms with Gasteiger partial charge in [-0.05, 0) is 68.1 Å². The molecule has 0 N–H and O–H groups in total. The van der Waals surface area contributed by atoms with Gasteiger partial charge < -0.3 is 0 Å². The summed E-state index contributed by atoms with van der Waals surface area (Å²) in [5, 5.41) is 0. The molecule has 66 valence electrons. The van der Waals surface area contributed by atoms with E-state index in [0.717, 1.165) is 17.8 Å². The van der Waals surface area contributed by atoms with E-state index in [1.165, 1.54) is 19.3 Å². The fourth-order valence-electron chi connectivity index (χ4n) is 4.05. The second kappa shape index (κ2) is 2.49. The molecule has 0 heteroatoms. The molecule has 0 heterocycles. The van der Waals surface area contributed by atoms with Gasteiger partial charge in [-0.15, -0.1) is 0 Å². The summed E-state index contributed by atoms with van der Waals surface area (Å²) in [6.07, 6.45) is 8.97. The lowest BCUT2D eigenvalue weighted by Crippen LogP contribution is -2.42. The van der Waals surface area contributed by atoms with Crippen molar-refractivity contribution in [2.75, 3.05) is 0 Å². The molecule has 4 rings (SSSR count). The largest absolute Gasteiger partial charge is 0.0648 e. The lowest BCUT2D eigenvalue weighted by Gasteiger charge is -2.53. The predicted molar refractivity (Wildman–Crippen MR) is 50.3 cm³/mol. The van der Waals surface area contributed by atoms with Gasteiger partial charge in [0, 0.05) is 0 Å². The van der Waals surface area contributed by atoms with Crippen LogP contribution in [0, 0.1) is 29.6 Å². The molecule has 0 aliphatic heterocycles. The van der Waals surface area contributed by atoms with E-state index < -0.39 is 0 Å². The Morgan fingerprint density at radius 3 is 2.25 bits per heavy atom. The second-order valence-electron chi connectivity index (χ2n) is 5.03. The van der Waals surface area contributed by atoms with E-state index in [9.17, 15) is 0 Å². The first kappa shape index (κ1) is 7.41. The molecule has 0 nitrogen and oxygen atoms in total. The van der Waals surface area contributed by atoms with Gasteiger partial charge >= 0.3 is 0 Å². The third-order valence-electron chi connectivity index (χ3n) is 4.30. The summed E-state index contributed by atoms with van der Waals surface area (Å²) in [7, 11) is 0. The molecule has 0 aromatic rings. The van der Waals surface area contributed by atoms with Crippen LogP contribution in [-0.2, 0) is 0 Å². The summed E-state index contributed by atoms with van der Waals surface area (Å²) in [4.78, 5) is 0. The molecule has 0 aromatic heterocycles. The van der Waals surface area contributed by atoms with E-state index in [4.69, 9.17) is 0 Å². The molecular weight excluding hydrogens is 144 g/mol. The minimum atomic E-state index is 1.04. The first-order valence-corrected chi connectivity index (χ1v) is 5.57. The van der Waals surface area contributed by atoms with Gasteiger partial charge in [-0.25, -0.2) is 0 Å². The van der Waals surface area contributed by atoms with Crippen LogP contribution in [0.1, 0.15) is 45.4 Å². The van der Waals surface area contributed by atoms with E-state index in [2.05, 4.69) is 6.92 Å². The lowest BCUT2D eigenvalue weighted by atomic mass is 9.51. The summed E-state index contributed by atoms with van der Waals surface area (Å²) in [5.41, 5.74) is 0. The monoisotopic (exact) mass is 162 g/mol. The molecule has 2 radical (unpaired) electrons. The van der Waals surface area contributed by atoms with Crippen molar-refractivity contribution in [1.82, 2.24) is 0 Å². The fourth-order valence-corrected chi connectivity index (χ4v) is 4.05. The Balaban J connectivity index is 1.86. The molecular formula is C12H18. The Labute approximate surface area is 75.7 Å². The lowest BCUT2D eigenvalue weighted by molar-refractivity contribution is 0.106. The van der Waals surface area contributed by atoms with Gasteiger partial charge in [0.15, 0.2) is 0 Å². The van der Waals surface area contributed by atoms with Gasteiger partial charge in [-0.3, -0.25) is 0 Å². The SMILES string of the molecule is CC[C]1[C]2CC3CC(C2)CC1C3. The van der Waals surface area contributed by atoms with E-state index in [1.54, 1.807) is 19.3 Å². The highest BCUT2D eigenvalue weighted by Gasteiger charge is 2.47. The van der Waals surface area contributed by atoms with E-state index >= 15 is 0 Å². The number of hydrogen-bond acceptors (Lipinski definition) is 0. The highest BCUT2D eigenvalue weighted by atomic mass is 14.5. The zero-order valence-corrected chi connectivity index (χ0v) is 7.97. The molecule has 4 aliphatic rings. The van der Waals surface area contributed by atoms with Crippen molar-refractivity contribution in [2.45, 2.75) is 45.4 Å². The van der Waals surface area contributed by atoms with Crippen molar-refractivity contribution in [1.29, 1.82) is 0 Å². The molecule has 0 amide bonds. The Morgan fingerprint density at radius 2 is 1.75 bits per heavy atom. The average molecular weight is 162 g/mol. The molecule has 0 spiro atoms. The fraction of sp³-hybridized carbons (Fsp3) is 0.833. The van der Waals surface area contributed by atoms with Crippen molar-refractivity contribution in [2.24, 2.45) is 17.8 Å². The smallest absolute Gasteiger partial charge is 0.0145 e. The average Bonchev–Trinajstić information content (AvgIpc) is 2.02. The van der Waals surface area contributed by atoms with Gasteiger partial charge in [0.25, 0.3) is 0 Å². The molecule has 12 heavy (non-hydrogen) atoms. The van der Waals surface area contributed by atoms with Crippen LogP contribution in [0.3, 0.4) is 0 Å². The molecule has 2 atom stereocenters. The van der Waals surface area contributed by atoms with E-state index in [-0.39, 0.29) is 0 Å². The van der Waals surface area contributed by atoms with Gasteiger partial charge in [0.1, 0.15) is 0 Å². The standard InChI is InChI=1S/C12H18/c1-2-12-10-4-8-3-9(6-10)7-11(12)5-8/h8-10H,2-7H2,1H3. The first-order chi connectivity index (χ1) is 5.86. The highest BCUT2D eigenvalue weighted by molar-refractivity contribution is 5.28. The maximum Gasteiger partial charge on any atom is -0.0145 e. The van der Waals surface area contributed by atoms with Crippen LogP contribution in [0.4, 0.5) is 0 Å². The molecule has 4 fully saturated rings. The zero-order valence-electron chi connectivity index (χ0n) is 7.97. The molecule has 4 aliphatic carbocycles. The summed E-state index contributed by atoms with van der Waals surface area (Å²) in [6, 6.07) is 0. The highest BCUT2D eigenvalue weighted by Crippen LogP contribution is 2.59. The Bertz CT molecular complexity index is 154. The van der Waals surface area contributed by atoms with Gasteiger partial charge in [-0.1, -0.05) is 6.92 Å². The minimum absolute atomic E-state index is 1.04. The third-order valence-corrected chi connectivity index (χ3v) is 4.30. The maximum absolute atomic E-state index is 2.35. The molecule has 2 unspecified atom stereocenters. The van der Waals surface area contributed by atoms with Crippen LogP contribution < -0.4 is 0 Å². The summed E-state index contributed by atoms with van der Waals surface area (Å²) < 4.78 is 0. The molecule has 0 saturated heterocycles. The van der Waals surface area contributed by atoms with Gasteiger partial charge in [0.05, 0.1) is 0 Å². The minimum Gasteiger partial charge on any atom is -0.0648 e. The Hall–Kier alpha value is 0. The van der Waals surface area contributed by atoms with Crippen molar-refractivity contribution in [3.63, 3.8) is 0 Å². The van der Waals surface area contributed by atoms with Crippen LogP contribution in [0.25, 0.3) is 0 Å². The van der Waals surface area contributed by atoms with Crippen LogP contribution in [-0.4, -0.2) is 0 Å². The number of rotatable bonds is 1. The zero-order chi connectivity index (χ0) is 8.13. The van der Waals surface area contributed by atoms with Crippen molar-refractivity contribution in [3.05, 3.63) is 11.8 Å². The normalized spacial score (nSPS) is 47.2. The van der Waals surface area contributed by atoms with Crippen molar-refractivity contribution < 1.29 is 0 Å². The van der Waals surface area contributed by atoms with Crippen molar-refractivity contribution in [3.8, 4) is 0 Å². The predicted octanol–water partition coefficient (Wildman–Crippen LogP) is 3.39. The quantitative estimate of drug-likeness (QED) is 0.554. The Morgan fingerprint density at radius 1 is 1.08 bits per heavy atom. The number of hydrogen-bond donors (Lipinski definition) is 0. The summed E-state index contributed by atoms with van der Waals surface area (Å²) in [6.45, 7) is 2.35. The van der Waals surface area contributed by atoms with E-state index in [1.807, 2.05) is 11.8 Å². The molecule has 4 saturated carbocycles. The summed E-state index contributed by atoms with van der Waals surface area (Å²) in [5.74, 6) is 7.01. The van der Waals surface area contributed by atoms with Crippen LogP contribution in [0.2, 0.25) is 0 Å². The van der Waals surface area contributed by atoms with Crippen LogP contribution in [0.15, 0.2) is 0 Å². The summed E-state index contributed by atoms with van der Waals surface area (Å²) >= 11 is 0. The van der Waals surface area contributed by atoms with Crippen LogP contribution in [0.5, 0.6) is 0 Å². The van der Waals surface area contributed by atoms with Crippen molar-refractivity contribution >= 4 is 0 Å². The first-order valence-electron chi connectivity index (χ1n) is 5.57. The van der Waals surface area contributed by atoms with Gasteiger partial charge in [0.2, 0.25) is 0 Å². The third kappa shape index (κ3) is 0.900.